The minimum absolute atomic E-state index is 0.297. The first-order chi connectivity index (χ1) is 11.8. The van der Waals surface area contributed by atoms with E-state index < -0.39 is 0 Å². The Kier molecular flexibility index (Phi) is 11.9. The zero-order chi connectivity index (χ0) is 17.6. The molecule has 0 bridgehead atoms. The number of likely N-dealkylation sites (N-methyl/N-ethyl adjacent to an activating group) is 1. The highest BCUT2D eigenvalue weighted by atomic mass is 14.9. The third-order valence-corrected chi connectivity index (χ3v) is 4.89. The van der Waals surface area contributed by atoms with Crippen LogP contribution in [0.25, 0.3) is 0 Å². The highest BCUT2D eigenvalue weighted by Gasteiger charge is 2.13. The zero-order valence-corrected chi connectivity index (χ0v) is 16.4. The molecule has 0 radical (unpaired) electrons. The van der Waals surface area contributed by atoms with Crippen LogP contribution in [0.4, 0.5) is 0 Å². The second kappa shape index (κ2) is 13.4. The molecule has 0 amide bonds. The lowest BCUT2D eigenvalue weighted by Crippen LogP contribution is -2.29. The SMILES string of the molecule is CCCCCCc1ccc(C(CN)NCC)c(CCCCCC)c1. The first kappa shape index (κ1) is 21.2. The third kappa shape index (κ3) is 7.81. The van der Waals surface area contributed by atoms with Crippen molar-refractivity contribution in [2.24, 2.45) is 5.73 Å². The summed E-state index contributed by atoms with van der Waals surface area (Å²) in [5.74, 6) is 0. The van der Waals surface area contributed by atoms with E-state index in [0.29, 0.717) is 12.6 Å². The highest BCUT2D eigenvalue weighted by Crippen LogP contribution is 2.23. The maximum Gasteiger partial charge on any atom is 0.0447 e. The molecule has 138 valence electrons. The van der Waals surface area contributed by atoms with Crippen LogP contribution in [-0.4, -0.2) is 13.1 Å². The van der Waals surface area contributed by atoms with Gasteiger partial charge in [-0.15, -0.1) is 0 Å². The van der Waals surface area contributed by atoms with Crippen molar-refractivity contribution in [2.75, 3.05) is 13.1 Å². The Morgan fingerprint density at radius 1 is 0.875 bits per heavy atom. The van der Waals surface area contributed by atoms with Gasteiger partial charge in [-0.1, -0.05) is 77.5 Å². The summed E-state index contributed by atoms with van der Waals surface area (Å²) in [6.45, 7) is 8.35. The van der Waals surface area contributed by atoms with Crippen LogP contribution in [0.3, 0.4) is 0 Å². The summed E-state index contributed by atoms with van der Waals surface area (Å²) < 4.78 is 0. The summed E-state index contributed by atoms with van der Waals surface area (Å²) in [5, 5.41) is 3.54. The Morgan fingerprint density at radius 3 is 2.12 bits per heavy atom. The van der Waals surface area contributed by atoms with Gasteiger partial charge < -0.3 is 11.1 Å². The second-order valence-corrected chi connectivity index (χ2v) is 7.00. The fourth-order valence-corrected chi connectivity index (χ4v) is 3.44. The smallest absolute Gasteiger partial charge is 0.0447 e. The van der Waals surface area contributed by atoms with Crippen molar-refractivity contribution >= 4 is 0 Å². The largest absolute Gasteiger partial charge is 0.329 e. The summed E-state index contributed by atoms with van der Waals surface area (Å²) in [7, 11) is 0. The summed E-state index contributed by atoms with van der Waals surface area (Å²) in [6, 6.07) is 7.43. The average molecular weight is 333 g/mol. The normalized spacial score (nSPS) is 12.5. The lowest BCUT2D eigenvalue weighted by Gasteiger charge is -2.21. The summed E-state index contributed by atoms with van der Waals surface area (Å²) in [6.07, 6.45) is 13.0. The number of nitrogens with two attached hydrogens (primary N) is 1. The van der Waals surface area contributed by atoms with Crippen LogP contribution in [0.15, 0.2) is 18.2 Å². The number of aryl methyl sites for hydroxylation is 2. The van der Waals surface area contributed by atoms with Crippen molar-refractivity contribution in [3.05, 3.63) is 34.9 Å². The van der Waals surface area contributed by atoms with Crippen LogP contribution < -0.4 is 11.1 Å². The van der Waals surface area contributed by atoms with Gasteiger partial charge in [-0.3, -0.25) is 0 Å². The lowest BCUT2D eigenvalue weighted by atomic mass is 9.92. The van der Waals surface area contributed by atoms with E-state index in [1.807, 2.05) is 0 Å². The lowest BCUT2D eigenvalue weighted by molar-refractivity contribution is 0.554. The Hall–Kier alpha value is -0.860. The number of hydrogen-bond donors (Lipinski definition) is 2. The fourth-order valence-electron chi connectivity index (χ4n) is 3.44. The Labute approximate surface area is 150 Å². The van der Waals surface area contributed by atoms with Gasteiger partial charge in [-0.25, -0.2) is 0 Å². The molecule has 1 unspecified atom stereocenters. The van der Waals surface area contributed by atoms with E-state index in [1.165, 1.54) is 80.9 Å². The molecule has 0 aromatic heterocycles. The van der Waals surface area contributed by atoms with Crippen LogP contribution in [-0.2, 0) is 12.8 Å². The minimum atomic E-state index is 0.297. The van der Waals surface area contributed by atoms with E-state index in [-0.39, 0.29) is 0 Å². The van der Waals surface area contributed by atoms with Gasteiger partial charge in [0.1, 0.15) is 0 Å². The Morgan fingerprint density at radius 2 is 1.54 bits per heavy atom. The molecule has 0 saturated carbocycles. The topological polar surface area (TPSA) is 38.0 Å². The van der Waals surface area contributed by atoms with Crippen molar-refractivity contribution in [1.29, 1.82) is 0 Å². The number of benzene rings is 1. The summed E-state index contributed by atoms with van der Waals surface area (Å²) in [4.78, 5) is 0. The van der Waals surface area contributed by atoms with E-state index in [1.54, 1.807) is 0 Å². The molecule has 2 heteroatoms. The van der Waals surface area contributed by atoms with Gasteiger partial charge in [0.05, 0.1) is 0 Å². The molecule has 0 heterocycles. The first-order valence-corrected chi connectivity index (χ1v) is 10.3. The maximum atomic E-state index is 6.03. The van der Waals surface area contributed by atoms with E-state index >= 15 is 0 Å². The van der Waals surface area contributed by atoms with Gasteiger partial charge in [0.2, 0.25) is 0 Å². The average Bonchev–Trinajstić information content (AvgIpc) is 2.61. The number of rotatable bonds is 14. The van der Waals surface area contributed by atoms with Gasteiger partial charge in [0.25, 0.3) is 0 Å². The van der Waals surface area contributed by atoms with Crippen LogP contribution in [0.2, 0.25) is 0 Å². The molecule has 0 aliphatic carbocycles. The van der Waals surface area contributed by atoms with Crippen molar-refractivity contribution in [1.82, 2.24) is 5.32 Å². The van der Waals surface area contributed by atoms with Gasteiger partial charge in [0.15, 0.2) is 0 Å². The molecule has 0 aliphatic rings. The zero-order valence-electron chi connectivity index (χ0n) is 16.4. The van der Waals surface area contributed by atoms with Crippen LogP contribution in [0.1, 0.15) is 94.9 Å². The molecule has 24 heavy (non-hydrogen) atoms. The predicted molar refractivity (Wildman–Crippen MR) is 108 cm³/mol. The molecule has 1 atom stereocenters. The quantitative estimate of drug-likeness (QED) is 0.439. The van der Waals surface area contributed by atoms with Gasteiger partial charge in [0, 0.05) is 12.6 Å². The number of unbranched alkanes of at least 4 members (excludes halogenated alkanes) is 6. The molecule has 0 aliphatic heterocycles. The van der Waals surface area contributed by atoms with Crippen LogP contribution in [0.5, 0.6) is 0 Å². The monoisotopic (exact) mass is 332 g/mol. The molecule has 3 N–H and O–H groups in total. The maximum absolute atomic E-state index is 6.03. The minimum Gasteiger partial charge on any atom is -0.329 e. The fraction of sp³-hybridized carbons (Fsp3) is 0.727. The molecule has 2 nitrogen and oxygen atoms in total. The summed E-state index contributed by atoms with van der Waals surface area (Å²) >= 11 is 0. The number of hydrogen-bond acceptors (Lipinski definition) is 2. The van der Waals surface area contributed by atoms with E-state index in [4.69, 9.17) is 5.73 Å². The first-order valence-electron chi connectivity index (χ1n) is 10.3. The van der Waals surface area contributed by atoms with Crippen molar-refractivity contribution in [2.45, 2.75) is 91.0 Å². The standard InChI is InChI=1S/C22H40N2/c1-4-7-9-11-13-19-15-16-21(22(18-23)24-6-3)20(17-19)14-12-10-8-5-2/h15-17,22,24H,4-14,18,23H2,1-3H3. The predicted octanol–water partition coefficient (Wildman–Crippen LogP) is 5.54. The van der Waals surface area contributed by atoms with E-state index in [0.717, 1.165) is 6.54 Å². The summed E-state index contributed by atoms with van der Waals surface area (Å²) in [5.41, 5.74) is 10.5. The molecule has 1 aromatic rings. The molecular formula is C22H40N2. The van der Waals surface area contributed by atoms with Crippen LogP contribution >= 0.6 is 0 Å². The van der Waals surface area contributed by atoms with Crippen LogP contribution in [0, 0.1) is 0 Å². The van der Waals surface area contributed by atoms with E-state index in [2.05, 4.69) is 44.3 Å². The third-order valence-electron chi connectivity index (χ3n) is 4.89. The second-order valence-electron chi connectivity index (χ2n) is 7.00. The molecule has 0 spiro atoms. The molecule has 1 aromatic carbocycles. The van der Waals surface area contributed by atoms with Crippen molar-refractivity contribution in [3.63, 3.8) is 0 Å². The molecule has 0 saturated heterocycles. The Bertz CT molecular complexity index is 428. The highest BCUT2D eigenvalue weighted by molar-refractivity contribution is 5.35. The van der Waals surface area contributed by atoms with Gasteiger partial charge in [-0.2, -0.15) is 0 Å². The molecule has 1 rings (SSSR count). The molecule has 0 fully saturated rings. The van der Waals surface area contributed by atoms with Crippen molar-refractivity contribution < 1.29 is 0 Å². The van der Waals surface area contributed by atoms with Crippen molar-refractivity contribution in [3.8, 4) is 0 Å². The number of nitrogens with one attached hydrogen (secondary N) is 1. The van der Waals surface area contributed by atoms with Gasteiger partial charge in [-0.05, 0) is 48.9 Å². The molecular weight excluding hydrogens is 292 g/mol. The Balaban J connectivity index is 2.79. The van der Waals surface area contributed by atoms with E-state index in [9.17, 15) is 0 Å². The van der Waals surface area contributed by atoms with Gasteiger partial charge >= 0.3 is 0 Å².